The third kappa shape index (κ3) is 42.8. The SMILES string of the molecule is CC.CC.CCC(N)=O.CCCCCCC.O=C1CCCN1. The molecule has 0 atom stereocenters. The Morgan fingerprint density at radius 3 is 1.55 bits per heavy atom. The van der Waals surface area contributed by atoms with E-state index in [4.69, 9.17) is 0 Å². The summed E-state index contributed by atoms with van der Waals surface area (Å²) in [6.07, 6.45) is 9.22. The fourth-order valence-corrected chi connectivity index (χ4v) is 1.24. The predicted molar refractivity (Wildman–Crippen MR) is 98.9 cm³/mol. The fraction of sp³-hybridized carbons (Fsp3) is 0.889. The van der Waals surface area contributed by atoms with E-state index in [0.29, 0.717) is 6.42 Å². The predicted octanol–water partition coefficient (Wildman–Crippen LogP) is 4.81. The first-order valence-corrected chi connectivity index (χ1v) is 9.13. The fourth-order valence-electron chi connectivity index (χ4n) is 1.24. The summed E-state index contributed by atoms with van der Waals surface area (Å²) in [5.74, 6) is -0.0417. The second-order valence-electron chi connectivity index (χ2n) is 4.33. The topological polar surface area (TPSA) is 72.2 Å². The molecule has 4 nitrogen and oxygen atoms in total. The first-order valence-electron chi connectivity index (χ1n) is 9.13. The minimum absolute atomic E-state index is 0.204. The number of rotatable bonds is 5. The molecule has 0 aliphatic carbocycles. The number of nitrogens with two attached hydrogens (primary N) is 1. The Kier molecular flexibility index (Phi) is 42.3. The molecule has 1 saturated heterocycles. The number of primary amides is 1. The van der Waals surface area contributed by atoms with Crippen LogP contribution in [0.4, 0.5) is 0 Å². The molecule has 0 saturated carbocycles. The maximum absolute atomic E-state index is 10.1. The van der Waals surface area contributed by atoms with Gasteiger partial charge >= 0.3 is 0 Å². The van der Waals surface area contributed by atoms with E-state index in [1.54, 1.807) is 6.92 Å². The van der Waals surface area contributed by atoms with Crippen LogP contribution in [0.25, 0.3) is 0 Å². The maximum atomic E-state index is 10.1. The standard InChI is InChI=1S/C7H16.C4H7NO.C3H7NO.2C2H6/c1-3-5-7-6-4-2;6-4-2-1-3-5-4;1-2-3(4)5;2*1-2/h3-7H2,1-2H3;1-3H2,(H,5,6);2H2,1H3,(H2,4,5);2*1-2H3. The molecule has 1 aliphatic heterocycles. The lowest BCUT2D eigenvalue weighted by Gasteiger charge is -1.90. The average Bonchev–Trinajstić information content (AvgIpc) is 3.04. The van der Waals surface area contributed by atoms with E-state index in [-0.39, 0.29) is 11.8 Å². The summed E-state index contributed by atoms with van der Waals surface area (Å²) in [4.78, 5) is 19.7. The van der Waals surface area contributed by atoms with Crippen molar-refractivity contribution in [3.8, 4) is 0 Å². The number of carbonyl (C=O) groups is 2. The highest BCUT2D eigenvalue weighted by atomic mass is 16.2. The normalized spacial score (nSPS) is 11.0. The highest BCUT2D eigenvalue weighted by Crippen LogP contribution is 2.00. The van der Waals surface area contributed by atoms with E-state index in [2.05, 4.69) is 24.9 Å². The summed E-state index contributed by atoms with van der Waals surface area (Å²) in [6, 6.07) is 0. The second kappa shape index (κ2) is 32.0. The van der Waals surface area contributed by atoms with E-state index < -0.39 is 0 Å². The van der Waals surface area contributed by atoms with Gasteiger partial charge in [-0.05, 0) is 6.42 Å². The molecule has 1 rings (SSSR count). The average molecular weight is 319 g/mol. The van der Waals surface area contributed by atoms with Crippen LogP contribution in [0.1, 0.15) is 99.8 Å². The molecule has 0 aromatic heterocycles. The van der Waals surface area contributed by atoms with Crippen molar-refractivity contribution in [1.29, 1.82) is 0 Å². The molecule has 0 aromatic carbocycles. The monoisotopic (exact) mass is 318 g/mol. The van der Waals surface area contributed by atoms with Gasteiger partial charge < -0.3 is 11.1 Å². The lowest BCUT2D eigenvalue weighted by molar-refractivity contribution is -0.119. The van der Waals surface area contributed by atoms with Gasteiger partial charge in [0.2, 0.25) is 11.8 Å². The number of carbonyl (C=O) groups excluding carboxylic acids is 2. The highest BCUT2D eigenvalue weighted by molar-refractivity contribution is 5.77. The van der Waals surface area contributed by atoms with Crippen molar-refractivity contribution in [1.82, 2.24) is 5.32 Å². The molecular formula is C18H42N2O2. The smallest absolute Gasteiger partial charge is 0.220 e. The van der Waals surface area contributed by atoms with Crippen molar-refractivity contribution < 1.29 is 9.59 Å². The molecule has 2 amide bonds. The van der Waals surface area contributed by atoms with Gasteiger partial charge in [0.05, 0.1) is 0 Å². The third-order valence-electron chi connectivity index (χ3n) is 2.46. The van der Waals surface area contributed by atoms with E-state index in [1.807, 2.05) is 27.7 Å². The molecule has 4 heteroatoms. The zero-order chi connectivity index (χ0) is 18.2. The molecule has 1 aliphatic rings. The number of hydrogen-bond acceptors (Lipinski definition) is 2. The Bertz CT molecular complexity index is 195. The Hall–Kier alpha value is -1.06. The van der Waals surface area contributed by atoms with E-state index >= 15 is 0 Å². The van der Waals surface area contributed by atoms with Crippen LogP contribution in [-0.2, 0) is 9.59 Å². The van der Waals surface area contributed by atoms with Crippen LogP contribution < -0.4 is 11.1 Å². The van der Waals surface area contributed by atoms with Gasteiger partial charge in [-0.2, -0.15) is 0 Å². The number of hydrogen-bond donors (Lipinski definition) is 2. The van der Waals surface area contributed by atoms with Crippen molar-refractivity contribution in [3.05, 3.63) is 0 Å². The van der Waals surface area contributed by atoms with Crippen LogP contribution in [0.5, 0.6) is 0 Å². The maximum Gasteiger partial charge on any atom is 0.220 e. The molecule has 0 aromatic rings. The van der Waals surface area contributed by atoms with Gasteiger partial charge in [0, 0.05) is 19.4 Å². The van der Waals surface area contributed by atoms with Gasteiger partial charge in [0.15, 0.2) is 0 Å². The van der Waals surface area contributed by atoms with Gasteiger partial charge in [0.25, 0.3) is 0 Å². The van der Waals surface area contributed by atoms with Crippen molar-refractivity contribution in [2.75, 3.05) is 6.54 Å². The summed E-state index contributed by atoms with van der Waals surface area (Å²) in [6.45, 7) is 15.1. The molecule has 0 spiro atoms. The van der Waals surface area contributed by atoms with Crippen molar-refractivity contribution >= 4 is 11.8 Å². The molecule has 0 radical (unpaired) electrons. The summed E-state index contributed by atoms with van der Waals surface area (Å²) in [5.41, 5.74) is 4.65. The third-order valence-corrected chi connectivity index (χ3v) is 2.46. The van der Waals surface area contributed by atoms with Crippen LogP contribution in [0.3, 0.4) is 0 Å². The highest BCUT2D eigenvalue weighted by Gasteiger charge is 2.05. The zero-order valence-electron chi connectivity index (χ0n) is 16.3. The van der Waals surface area contributed by atoms with Crippen LogP contribution in [-0.4, -0.2) is 18.4 Å². The quantitative estimate of drug-likeness (QED) is 0.714. The van der Waals surface area contributed by atoms with Gasteiger partial charge in [-0.25, -0.2) is 0 Å². The van der Waals surface area contributed by atoms with Crippen LogP contribution >= 0.6 is 0 Å². The van der Waals surface area contributed by atoms with Crippen molar-refractivity contribution in [2.45, 2.75) is 99.8 Å². The lowest BCUT2D eigenvalue weighted by atomic mass is 10.2. The van der Waals surface area contributed by atoms with Gasteiger partial charge in [0.1, 0.15) is 0 Å². The van der Waals surface area contributed by atoms with Crippen LogP contribution in [0.15, 0.2) is 0 Å². The minimum atomic E-state index is -0.245. The van der Waals surface area contributed by atoms with E-state index in [0.717, 1.165) is 19.4 Å². The largest absolute Gasteiger partial charge is 0.370 e. The first kappa shape index (κ1) is 29.0. The summed E-state index contributed by atoms with van der Waals surface area (Å²) >= 11 is 0. The van der Waals surface area contributed by atoms with Gasteiger partial charge in [-0.1, -0.05) is 80.6 Å². The Labute approximate surface area is 139 Å². The van der Waals surface area contributed by atoms with Gasteiger partial charge in [-0.3, -0.25) is 9.59 Å². The molecular weight excluding hydrogens is 276 g/mol. The zero-order valence-corrected chi connectivity index (χ0v) is 16.3. The minimum Gasteiger partial charge on any atom is -0.370 e. The van der Waals surface area contributed by atoms with Crippen molar-refractivity contribution in [2.24, 2.45) is 5.73 Å². The Morgan fingerprint density at radius 2 is 1.41 bits per heavy atom. The molecule has 1 fully saturated rings. The van der Waals surface area contributed by atoms with Crippen LogP contribution in [0, 0.1) is 0 Å². The Balaban J connectivity index is -0.0000000999. The number of amides is 2. The lowest BCUT2D eigenvalue weighted by Crippen LogP contribution is -2.12. The first-order chi connectivity index (χ1) is 10.6. The second-order valence-corrected chi connectivity index (χ2v) is 4.33. The molecule has 22 heavy (non-hydrogen) atoms. The molecule has 136 valence electrons. The number of unbranched alkanes of at least 4 members (excludes halogenated alkanes) is 4. The molecule has 1 heterocycles. The molecule has 3 N–H and O–H groups in total. The molecule has 0 unspecified atom stereocenters. The van der Waals surface area contributed by atoms with E-state index in [1.165, 1.54) is 32.1 Å². The van der Waals surface area contributed by atoms with Gasteiger partial charge in [-0.15, -0.1) is 0 Å². The summed E-state index contributed by atoms with van der Waals surface area (Å²) < 4.78 is 0. The van der Waals surface area contributed by atoms with E-state index in [9.17, 15) is 9.59 Å². The Morgan fingerprint density at radius 1 is 1.00 bits per heavy atom. The summed E-state index contributed by atoms with van der Waals surface area (Å²) in [7, 11) is 0. The number of nitrogens with one attached hydrogen (secondary N) is 1. The van der Waals surface area contributed by atoms with Crippen molar-refractivity contribution in [3.63, 3.8) is 0 Å². The summed E-state index contributed by atoms with van der Waals surface area (Å²) in [5, 5.41) is 2.68. The molecule has 0 bridgehead atoms. The van der Waals surface area contributed by atoms with Crippen LogP contribution in [0.2, 0.25) is 0 Å².